The number of hydrogen-bond acceptors (Lipinski definition) is 5. The van der Waals surface area contributed by atoms with E-state index >= 15 is 0 Å². The monoisotopic (exact) mass is 459 g/mol. The molecule has 4 rings (SSSR count). The standard InChI is InChI=1S/C27H29N3O4/c1-4-24-27(32)30(23-15-19(2)5-10-25(23)34-24)18-26(31)29(17-21-11-13-28-14-12-21)16-20-6-8-22(33-3)9-7-20/h5-15,24H,4,16-18H2,1-3H3/t24-/m1/s1. The van der Waals surface area contributed by atoms with Crippen molar-refractivity contribution in [2.24, 2.45) is 0 Å². The number of benzene rings is 2. The molecule has 0 saturated carbocycles. The van der Waals surface area contributed by atoms with Gasteiger partial charge in [-0.2, -0.15) is 0 Å². The maximum atomic E-state index is 13.6. The van der Waals surface area contributed by atoms with Gasteiger partial charge in [-0.25, -0.2) is 0 Å². The van der Waals surface area contributed by atoms with E-state index in [-0.39, 0.29) is 18.4 Å². The summed E-state index contributed by atoms with van der Waals surface area (Å²) in [6.45, 7) is 4.61. The Morgan fingerprint density at radius 3 is 2.38 bits per heavy atom. The number of ether oxygens (including phenoxy) is 2. The van der Waals surface area contributed by atoms with Crippen molar-refractivity contribution in [3.8, 4) is 11.5 Å². The van der Waals surface area contributed by atoms with Crippen molar-refractivity contribution >= 4 is 17.5 Å². The van der Waals surface area contributed by atoms with Crippen LogP contribution in [0, 0.1) is 6.92 Å². The van der Waals surface area contributed by atoms with Gasteiger partial charge in [0.15, 0.2) is 6.10 Å². The van der Waals surface area contributed by atoms with Gasteiger partial charge in [0.2, 0.25) is 5.91 Å². The molecule has 1 atom stereocenters. The first-order valence-corrected chi connectivity index (χ1v) is 11.4. The van der Waals surface area contributed by atoms with E-state index in [9.17, 15) is 9.59 Å². The molecule has 0 saturated heterocycles. The minimum atomic E-state index is -0.599. The lowest BCUT2D eigenvalue weighted by atomic mass is 10.1. The third kappa shape index (κ3) is 5.20. The number of pyridine rings is 1. The molecule has 176 valence electrons. The van der Waals surface area contributed by atoms with Crippen LogP contribution in [0.25, 0.3) is 0 Å². The van der Waals surface area contributed by atoms with Gasteiger partial charge in [0.05, 0.1) is 12.8 Å². The molecule has 0 fully saturated rings. The van der Waals surface area contributed by atoms with Crippen LogP contribution in [0.2, 0.25) is 0 Å². The van der Waals surface area contributed by atoms with E-state index in [0.29, 0.717) is 30.9 Å². The van der Waals surface area contributed by atoms with E-state index < -0.39 is 6.10 Å². The summed E-state index contributed by atoms with van der Waals surface area (Å²) in [4.78, 5) is 34.2. The fourth-order valence-corrected chi connectivity index (χ4v) is 3.98. The molecule has 0 bridgehead atoms. The van der Waals surface area contributed by atoms with E-state index in [1.165, 1.54) is 0 Å². The van der Waals surface area contributed by atoms with Crippen molar-refractivity contribution in [3.05, 3.63) is 83.7 Å². The fraction of sp³-hybridized carbons (Fsp3) is 0.296. The van der Waals surface area contributed by atoms with E-state index in [1.54, 1.807) is 29.3 Å². The van der Waals surface area contributed by atoms with Crippen molar-refractivity contribution in [2.75, 3.05) is 18.6 Å². The lowest BCUT2D eigenvalue weighted by Gasteiger charge is -2.35. The predicted octanol–water partition coefficient (Wildman–Crippen LogP) is 4.13. The van der Waals surface area contributed by atoms with Crippen molar-refractivity contribution in [1.29, 1.82) is 0 Å². The summed E-state index contributed by atoms with van der Waals surface area (Å²) in [6.07, 6.45) is 3.35. The molecule has 7 nitrogen and oxygen atoms in total. The molecule has 34 heavy (non-hydrogen) atoms. The Kier molecular flexibility index (Phi) is 7.11. The summed E-state index contributed by atoms with van der Waals surface area (Å²) in [5, 5.41) is 0. The average molecular weight is 460 g/mol. The number of fused-ring (bicyclic) bond motifs is 1. The van der Waals surface area contributed by atoms with Crippen molar-refractivity contribution in [3.63, 3.8) is 0 Å². The van der Waals surface area contributed by atoms with Gasteiger partial charge in [-0.15, -0.1) is 0 Å². The van der Waals surface area contributed by atoms with Crippen molar-refractivity contribution < 1.29 is 19.1 Å². The van der Waals surface area contributed by atoms with E-state index in [4.69, 9.17) is 9.47 Å². The number of carbonyl (C=O) groups excluding carboxylic acids is 2. The van der Waals surface area contributed by atoms with E-state index in [0.717, 1.165) is 22.4 Å². The average Bonchev–Trinajstić information content (AvgIpc) is 2.86. The Balaban J connectivity index is 1.61. The van der Waals surface area contributed by atoms with Gasteiger partial charge in [0.25, 0.3) is 5.91 Å². The second-order valence-electron chi connectivity index (χ2n) is 8.36. The van der Waals surface area contributed by atoms with Crippen LogP contribution in [0.3, 0.4) is 0 Å². The van der Waals surface area contributed by atoms with Crippen LogP contribution in [0.5, 0.6) is 11.5 Å². The first-order chi connectivity index (χ1) is 16.5. The molecule has 0 unspecified atom stereocenters. The molecule has 1 aliphatic heterocycles. The smallest absolute Gasteiger partial charge is 0.268 e. The Morgan fingerprint density at radius 2 is 1.74 bits per heavy atom. The number of aromatic nitrogens is 1. The number of hydrogen-bond donors (Lipinski definition) is 0. The zero-order valence-corrected chi connectivity index (χ0v) is 19.7. The Labute approximate surface area is 199 Å². The number of aryl methyl sites for hydroxylation is 1. The zero-order valence-electron chi connectivity index (χ0n) is 19.7. The number of anilines is 1. The van der Waals surface area contributed by atoms with Gasteiger partial charge in [0.1, 0.15) is 18.0 Å². The van der Waals surface area contributed by atoms with Gasteiger partial charge in [-0.05, 0) is 66.4 Å². The molecule has 1 aliphatic rings. The van der Waals surface area contributed by atoms with Gasteiger partial charge < -0.3 is 14.4 Å². The lowest BCUT2D eigenvalue weighted by Crippen LogP contribution is -2.50. The fourth-order valence-electron chi connectivity index (χ4n) is 3.98. The maximum absolute atomic E-state index is 13.6. The minimum absolute atomic E-state index is 0.0591. The molecule has 7 heteroatoms. The topological polar surface area (TPSA) is 72.0 Å². The molecule has 2 heterocycles. The van der Waals surface area contributed by atoms with Crippen LogP contribution in [-0.2, 0) is 22.7 Å². The van der Waals surface area contributed by atoms with Crippen LogP contribution in [0.4, 0.5) is 5.69 Å². The zero-order chi connectivity index (χ0) is 24.1. The molecule has 2 amide bonds. The number of amides is 2. The van der Waals surface area contributed by atoms with Crippen LogP contribution < -0.4 is 14.4 Å². The predicted molar refractivity (Wildman–Crippen MR) is 130 cm³/mol. The summed E-state index contributed by atoms with van der Waals surface area (Å²) >= 11 is 0. The quantitative estimate of drug-likeness (QED) is 0.507. The van der Waals surface area contributed by atoms with Crippen LogP contribution >= 0.6 is 0 Å². The Morgan fingerprint density at radius 1 is 1.06 bits per heavy atom. The molecule has 0 N–H and O–H groups in total. The highest BCUT2D eigenvalue weighted by Gasteiger charge is 2.35. The van der Waals surface area contributed by atoms with E-state index in [2.05, 4.69) is 4.98 Å². The number of carbonyl (C=O) groups is 2. The highest BCUT2D eigenvalue weighted by atomic mass is 16.5. The molecule has 0 aliphatic carbocycles. The van der Waals surface area contributed by atoms with Crippen LogP contribution in [-0.4, -0.2) is 41.5 Å². The molecular weight excluding hydrogens is 430 g/mol. The molecule has 0 radical (unpaired) electrons. The molecular formula is C27H29N3O4. The SMILES string of the molecule is CC[C@H]1Oc2ccc(C)cc2N(CC(=O)N(Cc2ccncc2)Cc2ccc(OC)cc2)C1=O. The summed E-state index contributed by atoms with van der Waals surface area (Å²) in [7, 11) is 1.62. The Bertz CT molecular complexity index is 1150. The van der Waals surface area contributed by atoms with Gasteiger partial charge in [0, 0.05) is 25.5 Å². The lowest BCUT2D eigenvalue weighted by molar-refractivity contribution is -0.134. The summed E-state index contributed by atoms with van der Waals surface area (Å²) in [5.74, 6) is 1.04. The van der Waals surface area contributed by atoms with Crippen molar-refractivity contribution in [2.45, 2.75) is 39.5 Å². The largest absolute Gasteiger partial charge is 0.497 e. The van der Waals surface area contributed by atoms with Gasteiger partial charge in [-0.1, -0.05) is 25.1 Å². The summed E-state index contributed by atoms with van der Waals surface area (Å²) in [6, 6.07) is 17.1. The van der Waals surface area contributed by atoms with Crippen LogP contribution in [0.1, 0.15) is 30.0 Å². The molecule has 0 spiro atoms. The molecule has 2 aromatic carbocycles. The third-order valence-corrected chi connectivity index (χ3v) is 5.89. The second-order valence-corrected chi connectivity index (χ2v) is 8.36. The summed E-state index contributed by atoms with van der Waals surface area (Å²) in [5.41, 5.74) is 3.57. The maximum Gasteiger partial charge on any atom is 0.268 e. The summed E-state index contributed by atoms with van der Waals surface area (Å²) < 4.78 is 11.1. The second kappa shape index (κ2) is 10.4. The highest BCUT2D eigenvalue weighted by molar-refractivity contribution is 6.03. The van der Waals surface area contributed by atoms with Crippen LogP contribution in [0.15, 0.2) is 67.0 Å². The first-order valence-electron chi connectivity index (χ1n) is 11.4. The van der Waals surface area contributed by atoms with Gasteiger partial charge >= 0.3 is 0 Å². The Hall–Kier alpha value is -3.87. The van der Waals surface area contributed by atoms with Gasteiger partial charge in [-0.3, -0.25) is 19.5 Å². The van der Waals surface area contributed by atoms with E-state index in [1.807, 2.05) is 68.4 Å². The molecule has 3 aromatic rings. The third-order valence-electron chi connectivity index (χ3n) is 5.89. The first kappa shape index (κ1) is 23.3. The van der Waals surface area contributed by atoms with Crippen molar-refractivity contribution in [1.82, 2.24) is 9.88 Å². The highest BCUT2D eigenvalue weighted by Crippen LogP contribution is 2.35. The number of rotatable bonds is 8. The number of methoxy groups -OCH3 is 1. The number of nitrogens with zero attached hydrogens (tertiary/aromatic N) is 3. The normalized spacial score (nSPS) is 14.9. The molecule has 1 aromatic heterocycles. The minimum Gasteiger partial charge on any atom is -0.497 e.